The van der Waals surface area contributed by atoms with Crippen LogP contribution in [0.4, 0.5) is 0 Å². The van der Waals surface area contributed by atoms with E-state index in [4.69, 9.17) is 11.6 Å². The van der Waals surface area contributed by atoms with E-state index >= 15 is 0 Å². The van der Waals surface area contributed by atoms with Gasteiger partial charge in [0.2, 0.25) is 10.0 Å². The van der Waals surface area contributed by atoms with Gasteiger partial charge >= 0.3 is 0 Å². The van der Waals surface area contributed by atoms with Crippen molar-refractivity contribution in [2.24, 2.45) is 0 Å². The summed E-state index contributed by atoms with van der Waals surface area (Å²) in [5.41, 5.74) is 1.98. The molecule has 1 aliphatic heterocycles. The Kier molecular flexibility index (Phi) is 5.89. The van der Waals surface area contributed by atoms with Crippen molar-refractivity contribution < 1.29 is 13.2 Å². The molecule has 7 heteroatoms. The fraction of sp³-hybridized carbons (Fsp3) is 0.350. The number of rotatable bonds is 5. The Labute approximate surface area is 165 Å². The van der Waals surface area contributed by atoms with Gasteiger partial charge in [-0.15, -0.1) is 0 Å². The molecule has 0 radical (unpaired) electrons. The lowest BCUT2D eigenvalue weighted by Gasteiger charge is -2.18. The van der Waals surface area contributed by atoms with Crippen LogP contribution in [0.2, 0.25) is 5.02 Å². The number of hydrogen-bond acceptors (Lipinski definition) is 3. The zero-order valence-electron chi connectivity index (χ0n) is 15.4. The topological polar surface area (TPSA) is 66.5 Å². The third-order valence-electron chi connectivity index (χ3n) is 4.85. The molecule has 2 aromatic carbocycles. The van der Waals surface area contributed by atoms with Crippen LogP contribution in [0.15, 0.2) is 47.4 Å². The number of hydrogen-bond donors (Lipinski definition) is 1. The first-order chi connectivity index (χ1) is 12.8. The van der Waals surface area contributed by atoms with Gasteiger partial charge in [0.25, 0.3) is 5.91 Å². The molecule has 0 aromatic heterocycles. The molecule has 27 heavy (non-hydrogen) atoms. The predicted octanol–water partition coefficient (Wildman–Crippen LogP) is 3.92. The zero-order valence-corrected chi connectivity index (χ0v) is 17.0. The van der Waals surface area contributed by atoms with Crippen LogP contribution in [-0.2, 0) is 10.0 Å². The van der Waals surface area contributed by atoms with E-state index in [0.717, 1.165) is 24.0 Å². The number of carbonyl (C=O) groups excluding carboxylic acids is 1. The number of carbonyl (C=O) groups is 1. The second-order valence-corrected chi connectivity index (χ2v) is 9.21. The SMILES string of the molecule is Cc1ccc(S(=O)(=O)N2CCCC2)cc1C(=O)N[C@H](C)c1cccc(Cl)c1. The Bertz CT molecular complexity index is 953. The van der Waals surface area contributed by atoms with Crippen molar-refractivity contribution in [2.75, 3.05) is 13.1 Å². The Balaban J connectivity index is 1.84. The molecule has 1 atom stereocenters. The molecular weight excluding hydrogens is 384 g/mol. The van der Waals surface area contributed by atoms with Gasteiger partial charge in [0, 0.05) is 23.7 Å². The second-order valence-electron chi connectivity index (χ2n) is 6.84. The molecule has 0 saturated carbocycles. The monoisotopic (exact) mass is 406 g/mol. The number of amides is 1. The lowest BCUT2D eigenvalue weighted by Crippen LogP contribution is -2.29. The summed E-state index contributed by atoms with van der Waals surface area (Å²) in [4.78, 5) is 12.9. The van der Waals surface area contributed by atoms with E-state index in [2.05, 4.69) is 5.32 Å². The molecule has 0 bridgehead atoms. The number of halogens is 1. The first-order valence-electron chi connectivity index (χ1n) is 8.96. The molecule has 2 aromatic rings. The fourth-order valence-corrected chi connectivity index (χ4v) is 4.96. The Morgan fingerprint density at radius 2 is 1.85 bits per heavy atom. The van der Waals surface area contributed by atoms with E-state index in [-0.39, 0.29) is 16.8 Å². The van der Waals surface area contributed by atoms with Gasteiger partial charge in [-0.25, -0.2) is 8.42 Å². The van der Waals surface area contributed by atoms with Crippen molar-refractivity contribution in [3.05, 3.63) is 64.2 Å². The van der Waals surface area contributed by atoms with E-state index < -0.39 is 10.0 Å². The Hall–Kier alpha value is -1.89. The lowest BCUT2D eigenvalue weighted by atomic mass is 10.1. The minimum absolute atomic E-state index is 0.163. The van der Waals surface area contributed by atoms with Gasteiger partial charge in [-0.05, 0) is 62.1 Å². The summed E-state index contributed by atoms with van der Waals surface area (Å²) in [5.74, 6) is -0.307. The summed E-state index contributed by atoms with van der Waals surface area (Å²) in [6, 6.07) is 11.8. The largest absolute Gasteiger partial charge is 0.346 e. The first kappa shape index (κ1) is 19.9. The van der Waals surface area contributed by atoms with Crippen molar-refractivity contribution in [3.63, 3.8) is 0 Å². The van der Waals surface area contributed by atoms with Crippen molar-refractivity contribution in [1.82, 2.24) is 9.62 Å². The van der Waals surface area contributed by atoms with Crippen molar-refractivity contribution in [3.8, 4) is 0 Å². The summed E-state index contributed by atoms with van der Waals surface area (Å²) in [6.45, 7) is 4.72. The van der Waals surface area contributed by atoms with E-state index in [0.29, 0.717) is 23.7 Å². The van der Waals surface area contributed by atoms with Crippen molar-refractivity contribution >= 4 is 27.5 Å². The molecular formula is C20H23ClN2O3S. The van der Waals surface area contributed by atoms with Gasteiger partial charge in [-0.1, -0.05) is 29.8 Å². The third kappa shape index (κ3) is 4.34. The van der Waals surface area contributed by atoms with Gasteiger partial charge in [0.1, 0.15) is 0 Å². The number of aryl methyl sites for hydroxylation is 1. The summed E-state index contributed by atoms with van der Waals surface area (Å²) in [6.07, 6.45) is 1.74. The molecule has 0 unspecified atom stereocenters. The van der Waals surface area contributed by atoms with Crippen LogP contribution in [0.3, 0.4) is 0 Å². The molecule has 1 saturated heterocycles. The molecule has 144 valence electrons. The summed E-state index contributed by atoms with van der Waals surface area (Å²) in [5, 5.41) is 3.52. The van der Waals surface area contributed by atoms with Gasteiger partial charge in [0.05, 0.1) is 10.9 Å². The average molecular weight is 407 g/mol. The highest BCUT2D eigenvalue weighted by Crippen LogP contribution is 2.24. The van der Waals surface area contributed by atoms with Gasteiger partial charge in [-0.3, -0.25) is 4.79 Å². The maximum atomic E-state index is 12.8. The molecule has 3 rings (SSSR count). The second kappa shape index (κ2) is 8.00. The van der Waals surface area contributed by atoms with E-state index in [1.54, 1.807) is 31.2 Å². The molecule has 1 amide bonds. The van der Waals surface area contributed by atoms with Gasteiger partial charge in [-0.2, -0.15) is 4.31 Å². The van der Waals surface area contributed by atoms with Crippen LogP contribution >= 0.6 is 11.6 Å². The predicted molar refractivity (Wildman–Crippen MR) is 107 cm³/mol. The Morgan fingerprint density at radius 3 is 2.52 bits per heavy atom. The van der Waals surface area contributed by atoms with Crippen LogP contribution < -0.4 is 5.32 Å². The summed E-state index contributed by atoms with van der Waals surface area (Å²) >= 11 is 6.02. The lowest BCUT2D eigenvalue weighted by molar-refractivity contribution is 0.0939. The van der Waals surface area contributed by atoms with Gasteiger partial charge < -0.3 is 5.32 Å². The Morgan fingerprint density at radius 1 is 1.15 bits per heavy atom. The van der Waals surface area contributed by atoms with Crippen LogP contribution in [-0.4, -0.2) is 31.7 Å². The molecule has 5 nitrogen and oxygen atoms in total. The maximum absolute atomic E-state index is 12.8. The number of nitrogens with zero attached hydrogens (tertiary/aromatic N) is 1. The highest BCUT2D eigenvalue weighted by molar-refractivity contribution is 7.89. The van der Waals surface area contributed by atoms with Crippen LogP contribution in [0, 0.1) is 6.92 Å². The van der Waals surface area contributed by atoms with Crippen molar-refractivity contribution in [2.45, 2.75) is 37.6 Å². The molecule has 0 aliphatic carbocycles. The maximum Gasteiger partial charge on any atom is 0.252 e. The average Bonchev–Trinajstić information content (AvgIpc) is 3.17. The minimum Gasteiger partial charge on any atom is -0.346 e. The van der Waals surface area contributed by atoms with E-state index in [9.17, 15) is 13.2 Å². The number of sulfonamides is 1. The minimum atomic E-state index is -3.56. The standard InChI is InChI=1S/C20H23ClN2O3S/c1-14-8-9-18(27(25,26)23-10-3-4-11-23)13-19(14)20(24)22-15(2)16-6-5-7-17(21)12-16/h5-9,12-13,15H,3-4,10-11H2,1-2H3,(H,22,24)/t15-/m1/s1. The first-order valence-corrected chi connectivity index (χ1v) is 10.8. The van der Waals surface area contributed by atoms with E-state index in [1.807, 2.05) is 19.1 Å². The highest BCUT2D eigenvalue weighted by atomic mass is 35.5. The van der Waals surface area contributed by atoms with Crippen LogP contribution in [0.5, 0.6) is 0 Å². The van der Waals surface area contributed by atoms with Crippen LogP contribution in [0.1, 0.15) is 47.3 Å². The molecule has 1 N–H and O–H groups in total. The van der Waals surface area contributed by atoms with E-state index in [1.165, 1.54) is 10.4 Å². The smallest absolute Gasteiger partial charge is 0.252 e. The molecule has 0 spiro atoms. The summed E-state index contributed by atoms with van der Waals surface area (Å²) < 4.78 is 27.0. The number of benzene rings is 2. The normalized spacial score (nSPS) is 16.3. The zero-order chi connectivity index (χ0) is 19.6. The molecule has 1 heterocycles. The van der Waals surface area contributed by atoms with Crippen LogP contribution in [0.25, 0.3) is 0 Å². The molecule has 1 aliphatic rings. The third-order valence-corrected chi connectivity index (χ3v) is 6.98. The molecule has 1 fully saturated rings. The quantitative estimate of drug-likeness (QED) is 0.818. The number of nitrogens with one attached hydrogen (secondary N) is 1. The van der Waals surface area contributed by atoms with Gasteiger partial charge in [0.15, 0.2) is 0 Å². The van der Waals surface area contributed by atoms with Crippen molar-refractivity contribution in [1.29, 1.82) is 0 Å². The summed E-state index contributed by atoms with van der Waals surface area (Å²) in [7, 11) is -3.56. The highest BCUT2D eigenvalue weighted by Gasteiger charge is 2.28. The fourth-order valence-electron chi connectivity index (χ4n) is 3.22.